The molecule has 1 heterocycles. The molecule has 0 bridgehead atoms. The van der Waals surface area contributed by atoms with Gasteiger partial charge in [-0.05, 0) is 31.0 Å². The maximum absolute atomic E-state index is 12.8. The number of alkyl halides is 5. The SMILES string of the molecule is CCOC(=O)Cc1c(C)cc(C(F)F)nc1C(F)(F)F. The largest absolute Gasteiger partial charge is 0.466 e. The van der Waals surface area contributed by atoms with E-state index in [0.29, 0.717) is 0 Å². The molecule has 0 unspecified atom stereocenters. The highest BCUT2D eigenvalue weighted by Crippen LogP contribution is 2.34. The van der Waals surface area contributed by atoms with Crippen LogP contribution in [0.15, 0.2) is 6.07 Å². The Morgan fingerprint density at radius 2 is 2.00 bits per heavy atom. The standard InChI is InChI=1S/C12H12F5NO2/c1-3-20-9(19)5-7-6(2)4-8(11(13)14)18-10(7)12(15,16)17/h4,11H,3,5H2,1-2H3. The molecule has 0 atom stereocenters. The van der Waals surface area contributed by atoms with E-state index in [9.17, 15) is 26.7 Å². The van der Waals surface area contributed by atoms with Crippen molar-refractivity contribution in [3.63, 3.8) is 0 Å². The highest BCUT2D eigenvalue weighted by Gasteiger charge is 2.37. The minimum atomic E-state index is -4.92. The molecule has 8 heteroatoms. The van der Waals surface area contributed by atoms with E-state index in [1.807, 2.05) is 0 Å². The van der Waals surface area contributed by atoms with Gasteiger partial charge < -0.3 is 4.74 Å². The fourth-order valence-corrected chi connectivity index (χ4v) is 1.65. The molecule has 1 aromatic rings. The van der Waals surface area contributed by atoms with Crippen LogP contribution >= 0.6 is 0 Å². The van der Waals surface area contributed by atoms with Crippen molar-refractivity contribution in [2.45, 2.75) is 32.9 Å². The van der Waals surface area contributed by atoms with Gasteiger partial charge in [0.1, 0.15) is 11.4 Å². The van der Waals surface area contributed by atoms with E-state index in [-0.39, 0.29) is 12.2 Å². The van der Waals surface area contributed by atoms with E-state index in [4.69, 9.17) is 0 Å². The highest BCUT2D eigenvalue weighted by molar-refractivity contribution is 5.73. The number of ether oxygens (including phenoxy) is 1. The van der Waals surface area contributed by atoms with Crippen molar-refractivity contribution in [3.8, 4) is 0 Å². The fraction of sp³-hybridized carbons (Fsp3) is 0.500. The topological polar surface area (TPSA) is 39.2 Å². The Kier molecular flexibility index (Phi) is 5.02. The lowest BCUT2D eigenvalue weighted by Gasteiger charge is -2.15. The number of nitrogens with zero attached hydrogens (tertiary/aromatic N) is 1. The zero-order valence-corrected chi connectivity index (χ0v) is 10.7. The van der Waals surface area contributed by atoms with Crippen LogP contribution in [0, 0.1) is 6.92 Å². The summed E-state index contributed by atoms with van der Waals surface area (Å²) in [6.45, 7) is 2.74. The number of hydrogen-bond donors (Lipinski definition) is 0. The third-order valence-electron chi connectivity index (χ3n) is 2.49. The monoisotopic (exact) mass is 297 g/mol. The summed E-state index contributed by atoms with van der Waals surface area (Å²) in [7, 11) is 0. The van der Waals surface area contributed by atoms with Gasteiger partial charge in [0.05, 0.1) is 13.0 Å². The lowest BCUT2D eigenvalue weighted by Crippen LogP contribution is -2.18. The first kappa shape index (κ1) is 16.3. The Morgan fingerprint density at radius 3 is 2.45 bits per heavy atom. The Hall–Kier alpha value is -1.73. The van der Waals surface area contributed by atoms with Crippen LogP contribution in [0.5, 0.6) is 0 Å². The first-order valence-corrected chi connectivity index (χ1v) is 5.68. The number of aryl methyl sites for hydroxylation is 1. The molecule has 0 amide bonds. The average molecular weight is 297 g/mol. The van der Waals surface area contributed by atoms with Crippen LogP contribution in [0.3, 0.4) is 0 Å². The molecule has 3 nitrogen and oxygen atoms in total. The quantitative estimate of drug-likeness (QED) is 0.631. The van der Waals surface area contributed by atoms with Crippen LogP contribution in [-0.4, -0.2) is 17.6 Å². The lowest BCUT2D eigenvalue weighted by molar-refractivity contribution is -0.144. The smallest absolute Gasteiger partial charge is 0.433 e. The number of halogens is 5. The number of hydrogen-bond acceptors (Lipinski definition) is 3. The van der Waals surface area contributed by atoms with Gasteiger partial charge in [-0.1, -0.05) is 0 Å². The molecule has 0 saturated heterocycles. The molecule has 0 aromatic carbocycles. The van der Waals surface area contributed by atoms with Gasteiger partial charge in [-0.25, -0.2) is 13.8 Å². The second-order valence-corrected chi connectivity index (χ2v) is 3.97. The van der Waals surface area contributed by atoms with E-state index >= 15 is 0 Å². The highest BCUT2D eigenvalue weighted by atomic mass is 19.4. The van der Waals surface area contributed by atoms with Crippen molar-refractivity contribution in [3.05, 3.63) is 28.6 Å². The van der Waals surface area contributed by atoms with E-state index in [1.54, 1.807) is 0 Å². The molecular weight excluding hydrogens is 285 g/mol. The minimum absolute atomic E-state index is 0.0157. The number of pyridine rings is 1. The molecule has 0 fully saturated rings. The molecule has 0 spiro atoms. The van der Waals surface area contributed by atoms with Crippen LogP contribution in [0.1, 0.15) is 35.9 Å². The molecule has 0 radical (unpaired) electrons. The summed E-state index contributed by atoms with van der Waals surface area (Å²) in [4.78, 5) is 14.2. The number of rotatable bonds is 4. The molecular formula is C12H12F5NO2. The molecule has 112 valence electrons. The summed E-state index contributed by atoms with van der Waals surface area (Å²) >= 11 is 0. The van der Waals surface area contributed by atoms with Gasteiger partial charge in [0.2, 0.25) is 0 Å². The summed E-state index contributed by atoms with van der Waals surface area (Å²) in [5.74, 6) is -0.868. The van der Waals surface area contributed by atoms with Gasteiger partial charge >= 0.3 is 12.1 Å². The Labute approximate surface area is 111 Å². The number of esters is 1. The minimum Gasteiger partial charge on any atom is -0.466 e. The van der Waals surface area contributed by atoms with Crippen molar-refractivity contribution in [1.29, 1.82) is 0 Å². The summed E-state index contributed by atoms with van der Waals surface area (Å²) < 4.78 is 68.1. The fourth-order valence-electron chi connectivity index (χ4n) is 1.65. The Morgan fingerprint density at radius 1 is 1.40 bits per heavy atom. The van der Waals surface area contributed by atoms with Crippen LogP contribution in [0.25, 0.3) is 0 Å². The molecule has 0 aliphatic carbocycles. The average Bonchev–Trinajstić information content (AvgIpc) is 2.29. The van der Waals surface area contributed by atoms with E-state index in [1.165, 1.54) is 13.8 Å². The van der Waals surface area contributed by atoms with Crippen molar-refractivity contribution in [2.75, 3.05) is 6.61 Å². The first-order chi connectivity index (χ1) is 9.16. The van der Waals surface area contributed by atoms with Crippen LogP contribution in [-0.2, 0) is 22.1 Å². The Balaban J connectivity index is 3.31. The zero-order valence-electron chi connectivity index (χ0n) is 10.7. The molecule has 0 saturated carbocycles. The van der Waals surface area contributed by atoms with Gasteiger partial charge in [-0.2, -0.15) is 13.2 Å². The van der Waals surface area contributed by atoms with Crippen molar-refractivity contribution < 1.29 is 31.5 Å². The van der Waals surface area contributed by atoms with Gasteiger partial charge in [-0.3, -0.25) is 4.79 Å². The van der Waals surface area contributed by atoms with Gasteiger partial charge in [0, 0.05) is 0 Å². The predicted molar refractivity (Wildman–Crippen MR) is 59.3 cm³/mol. The number of carbonyl (C=O) groups excluding carboxylic acids is 1. The van der Waals surface area contributed by atoms with Crippen molar-refractivity contribution in [1.82, 2.24) is 4.98 Å². The van der Waals surface area contributed by atoms with E-state index in [2.05, 4.69) is 9.72 Å². The lowest BCUT2D eigenvalue weighted by atomic mass is 10.0. The molecule has 0 N–H and O–H groups in total. The van der Waals surface area contributed by atoms with Crippen molar-refractivity contribution in [2.24, 2.45) is 0 Å². The predicted octanol–water partition coefficient (Wildman–Crippen LogP) is 3.45. The maximum atomic E-state index is 12.8. The zero-order chi connectivity index (χ0) is 15.5. The molecule has 0 aliphatic heterocycles. The second kappa shape index (κ2) is 6.15. The summed E-state index contributed by atoms with van der Waals surface area (Å²) in [5.41, 5.74) is -2.96. The molecule has 0 aliphatic rings. The van der Waals surface area contributed by atoms with Gasteiger partial charge in [0.15, 0.2) is 0 Å². The number of carbonyl (C=O) groups is 1. The normalized spacial score (nSPS) is 11.8. The molecule has 20 heavy (non-hydrogen) atoms. The van der Waals surface area contributed by atoms with E-state index < -0.39 is 41.9 Å². The van der Waals surface area contributed by atoms with Gasteiger partial charge in [-0.15, -0.1) is 0 Å². The van der Waals surface area contributed by atoms with Crippen LogP contribution in [0.2, 0.25) is 0 Å². The van der Waals surface area contributed by atoms with Crippen molar-refractivity contribution >= 4 is 5.97 Å². The number of aromatic nitrogens is 1. The first-order valence-electron chi connectivity index (χ1n) is 5.68. The van der Waals surface area contributed by atoms with E-state index in [0.717, 1.165) is 6.07 Å². The third kappa shape index (κ3) is 3.88. The molecule has 1 aromatic heterocycles. The summed E-state index contributed by atoms with van der Waals surface area (Å²) in [5, 5.41) is 0. The van der Waals surface area contributed by atoms with Gasteiger partial charge in [0.25, 0.3) is 6.43 Å². The third-order valence-corrected chi connectivity index (χ3v) is 2.49. The Bertz CT molecular complexity index is 499. The summed E-state index contributed by atoms with van der Waals surface area (Å²) in [6, 6.07) is 0.842. The molecule has 1 rings (SSSR count). The van der Waals surface area contributed by atoms with Crippen LogP contribution in [0.4, 0.5) is 22.0 Å². The maximum Gasteiger partial charge on any atom is 0.433 e. The second-order valence-electron chi connectivity index (χ2n) is 3.97. The summed E-state index contributed by atoms with van der Waals surface area (Å²) in [6.07, 6.45) is -8.70. The van der Waals surface area contributed by atoms with Crippen LogP contribution < -0.4 is 0 Å².